The molecule has 1 aliphatic carbocycles. The lowest BCUT2D eigenvalue weighted by molar-refractivity contribution is -0.135. The SMILES string of the molecule is Cn1c(=O)n(C2CCC(=O)NC2=O)c2ccc(F)c(C3CCN(CC4CCCCC4)CC3)c21. The predicted octanol–water partition coefficient (Wildman–Crippen LogP) is 3.22. The van der Waals surface area contributed by atoms with Crippen molar-refractivity contribution in [2.75, 3.05) is 19.6 Å². The number of hydrogen-bond acceptors (Lipinski definition) is 4. The summed E-state index contributed by atoms with van der Waals surface area (Å²) in [7, 11) is 1.65. The molecule has 5 rings (SSSR count). The van der Waals surface area contributed by atoms with Crippen LogP contribution in [0.2, 0.25) is 0 Å². The summed E-state index contributed by atoms with van der Waals surface area (Å²) in [6.07, 6.45) is 8.87. The van der Waals surface area contributed by atoms with Crippen LogP contribution in [0.25, 0.3) is 11.0 Å². The molecule has 1 unspecified atom stereocenters. The van der Waals surface area contributed by atoms with Gasteiger partial charge in [0, 0.05) is 25.6 Å². The summed E-state index contributed by atoms with van der Waals surface area (Å²) in [4.78, 5) is 39.8. The fraction of sp³-hybridized carbons (Fsp3) is 0.640. The zero-order chi connectivity index (χ0) is 23.1. The zero-order valence-electron chi connectivity index (χ0n) is 19.3. The highest BCUT2D eigenvalue weighted by Crippen LogP contribution is 2.36. The molecular formula is C25H33FN4O3. The zero-order valence-corrected chi connectivity index (χ0v) is 19.3. The second-order valence-electron chi connectivity index (χ2n) is 10.1. The summed E-state index contributed by atoms with van der Waals surface area (Å²) in [5.74, 6) is -0.249. The number of rotatable bonds is 4. The van der Waals surface area contributed by atoms with Crippen LogP contribution in [0.5, 0.6) is 0 Å². The molecule has 2 aromatic rings. The summed E-state index contributed by atoms with van der Waals surface area (Å²) in [6, 6.07) is 2.26. The molecule has 0 spiro atoms. The first kappa shape index (κ1) is 22.3. The minimum absolute atomic E-state index is 0.0412. The maximum atomic E-state index is 15.2. The van der Waals surface area contributed by atoms with Crippen molar-refractivity contribution in [3.63, 3.8) is 0 Å². The number of aromatic nitrogens is 2. The van der Waals surface area contributed by atoms with Crippen LogP contribution < -0.4 is 11.0 Å². The van der Waals surface area contributed by atoms with Crippen LogP contribution in [-0.2, 0) is 16.6 Å². The van der Waals surface area contributed by atoms with Gasteiger partial charge in [-0.2, -0.15) is 0 Å². The van der Waals surface area contributed by atoms with Gasteiger partial charge in [-0.3, -0.25) is 24.0 Å². The monoisotopic (exact) mass is 456 g/mol. The van der Waals surface area contributed by atoms with Gasteiger partial charge in [0.15, 0.2) is 0 Å². The lowest BCUT2D eigenvalue weighted by atomic mass is 9.85. The summed E-state index contributed by atoms with van der Waals surface area (Å²) in [5.41, 5.74) is 1.39. The number of fused-ring (bicyclic) bond motifs is 1. The Bertz CT molecular complexity index is 1120. The predicted molar refractivity (Wildman–Crippen MR) is 124 cm³/mol. The molecule has 2 amide bonds. The van der Waals surface area contributed by atoms with E-state index in [-0.39, 0.29) is 36.2 Å². The van der Waals surface area contributed by atoms with E-state index in [1.807, 2.05) is 0 Å². The van der Waals surface area contributed by atoms with Crippen molar-refractivity contribution >= 4 is 22.8 Å². The van der Waals surface area contributed by atoms with E-state index in [2.05, 4.69) is 10.2 Å². The van der Waals surface area contributed by atoms with E-state index in [9.17, 15) is 14.4 Å². The molecule has 1 aromatic heterocycles. The molecule has 7 nitrogen and oxygen atoms in total. The highest BCUT2D eigenvalue weighted by Gasteiger charge is 2.34. The van der Waals surface area contributed by atoms with Crippen molar-refractivity contribution in [1.82, 2.24) is 19.4 Å². The van der Waals surface area contributed by atoms with Gasteiger partial charge in [-0.05, 0) is 69.2 Å². The number of nitrogens with zero attached hydrogens (tertiary/aromatic N) is 3. The van der Waals surface area contributed by atoms with E-state index < -0.39 is 11.9 Å². The highest BCUT2D eigenvalue weighted by molar-refractivity contribution is 6.00. The molecular weight excluding hydrogens is 423 g/mol. The topological polar surface area (TPSA) is 76.3 Å². The number of aryl methyl sites for hydroxylation is 1. The van der Waals surface area contributed by atoms with Crippen LogP contribution in [0.3, 0.4) is 0 Å². The van der Waals surface area contributed by atoms with Gasteiger partial charge in [-0.15, -0.1) is 0 Å². The van der Waals surface area contributed by atoms with Crippen molar-refractivity contribution in [3.05, 3.63) is 34.0 Å². The number of carbonyl (C=O) groups is 2. The number of benzene rings is 1. The second kappa shape index (κ2) is 9.05. The third kappa shape index (κ3) is 4.14. The minimum Gasteiger partial charge on any atom is -0.303 e. The smallest absolute Gasteiger partial charge is 0.303 e. The molecule has 3 aliphatic rings. The third-order valence-corrected chi connectivity index (χ3v) is 7.99. The van der Waals surface area contributed by atoms with E-state index in [0.29, 0.717) is 16.6 Å². The summed E-state index contributed by atoms with van der Waals surface area (Å²) >= 11 is 0. The largest absolute Gasteiger partial charge is 0.329 e. The Labute approximate surface area is 192 Å². The highest BCUT2D eigenvalue weighted by atomic mass is 19.1. The molecule has 1 saturated carbocycles. The van der Waals surface area contributed by atoms with Gasteiger partial charge in [0.25, 0.3) is 0 Å². The van der Waals surface area contributed by atoms with Crippen LogP contribution in [0.1, 0.15) is 75.3 Å². The van der Waals surface area contributed by atoms with Crippen LogP contribution in [0.4, 0.5) is 4.39 Å². The Morgan fingerprint density at radius 3 is 2.42 bits per heavy atom. The van der Waals surface area contributed by atoms with Crippen molar-refractivity contribution in [1.29, 1.82) is 0 Å². The number of hydrogen-bond donors (Lipinski definition) is 1. The van der Waals surface area contributed by atoms with E-state index in [0.717, 1.165) is 38.4 Å². The average molecular weight is 457 g/mol. The number of nitrogens with one attached hydrogen (secondary N) is 1. The third-order valence-electron chi connectivity index (χ3n) is 7.99. The lowest BCUT2D eigenvalue weighted by Crippen LogP contribution is -2.44. The van der Waals surface area contributed by atoms with Crippen molar-refractivity contribution in [3.8, 4) is 0 Å². The first-order valence-corrected chi connectivity index (χ1v) is 12.4. The second-order valence-corrected chi connectivity index (χ2v) is 10.1. The van der Waals surface area contributed by atoms with Gasteiger partial charge in [0.2, 0.25) is 11.8 Å². The van der Waals surface area contributed by atoms with Crippen LogP contribution in [-0.4, -0.2) is 45.5 Å². The number of piperidine rings is 2. The fourth-order valence-corrected chi connectivity index (χ4v) is 6.24. The maximum Gasteiger partial charge on any atom is 0.329 e. The van der Waals surface area contributed by atoms with Gasteiger partial charge in [0.05, 0.1) is 11.0 Å². The Morgan fingerprint density at radius 2 is 1.73 bits per heavy atom. The van der Waals surface area contributed by atoms with Crippen molar-refractivity contribution in [2.45, 2.75) is 69.7 Å². The van der Waals surface area contributed by atoms with Crippen molar-refractivity contribution in [2.24, 2.45) is 13.0 Å². The minimum atomic E-state index is -0.755. The lowest BCUT2D eigenvalue weighted by Gasteiger charge is -2.35. The number of likely N-dealkylation sites (tertiary alicyclic amines) is 1. The molecule has 1 aromatic carbocycles. The van der Waals surface area contributed by atoms with Gasteiger partial charge < -0.3 is 4.90 Å². The molecule has 178 valence electrons. The van der Waals surface area contributed by atoms with E-state index >= 15 is 4.39 Å². The Balaban J connectivity index is 1.42. The van der Waals surface area contributed by atoms with Crippen LogP contribution >= 0.6 is 0 Å². The number of imide groups is 1. The number of carbonyl (C=O) groups excluding carboxylic acids is 2. The standard InChI is InChI=1S/C25H33FN4O3/c1-28-23-19(30(25(28)33)20-9-10-21(31)27-24(20)32)8-7-18(26)22(23)17-11-13-29(14-12-17)15-16-5-3-2-4-6-16/h7-8,16-17,20H,2-6,9-15H2,1H3,(H,27,31,32). The van der Waals surface area contributed by atoms with E-state index in [1.54, 1.807) is 13.1 Å². The number of halogens is 1. The molecule has 3 fully saturated rings. The van der Waals surface area contributed by atoms with Crippen LogP contribution in [0.15, 0.2) is 16.9 Å². The molecule has 1 N–H and O–H groups in total. The molecule has 0 bridgehead atoms. The summed E-state index contributed by atoms with van der Waals surface area (Å²) in [6.45, 7) is 3.03. The fourth-order valence-electron chi connectivity index (χ4n) is 6.24. The molecule has 0 radical (unpaired) electrons. The molecule has 3 heterocycles. The van der Waals surface area contributed by atoms with Crippen molar-refractivity contribution < 1.29 is 14.0 Å². The summed E-state index contributed by atoms with van der Waals surface area (Å²) < 4.78 is 18.1. The molecule has 8 heteroatoms. The van der Waals surface area contributed by atoms with Gasteiger partial charge in [-0.25, -0.2) is 9.18 Å². The number of imidazole rings is 1. The first-order chi connectivity index (χ1) is 15.9. The molecule has 2 aliphatic heterocycles. The Kier molecular flexibility index (Phi) is 6.12. The normalized spacial score (nSPS) is 23.9. The number of amides is 2. The molecule has 33 heavy (non-hydrogen) atoms. The molecule has 1 atom stereocenters. The van der Waals surface area contributed by atoms with Gasteiger partial charge >= 0.3 is 5.69 Å². The average Bonchev–Trinajstić information content (AvgIpc) is 3.06. The Morgan fingerprint density at radius 1 is 1.00 bits per heavy atom. The first-order valence-electron chi connectivity index (χ1n) is 12.4. The van der Waals surface area contributed by atoms with Gasteiger partial charge in [-0.1, -0.05) is 19.3 Å². The summed E-state index contributed by atoms with van der Waals surface area (Å²) in [5, 5.41) is 2.33. The van der Waals surface area contributed by atoms with Gasteiger partial charge in [0.1, 0.15) is 11.9 Å². The quantitative estimate of drug-likeness (QED) is 0.717. The van der Waals surface area contributed by atoms with Crippen LogP contribution in [0, 0.1) is 11.7 Å². The van der Waals surface area contributed by atoms with E-state index in [4.69, 9.17) is 0 Å². The van der Waals surface area contributed by atoms with E-state index in [1.165, 1.54) is 47.3 Å². The Hall–Kier alpha value is -2.48. The maximum absolute atomic E-state index is 15.2. The molecule has 2 saturated heterocycles.